The molecular weight excluding hydrogens is 149 g/mol. The van der Waals surface area contributed by atoms with Crippen LogP contribution in [0.5, 0.6) is 0 Å². The monoisotopic (exact) mass is 157 g/mol. The molecule has 0 bridgehead atoms. The molecule has 0 radical (unpaired) electrons. The highest BCUT2D eigenvalue weighted by molar-refractivity contribution is 5.85. The zero-order valence-electron chi connectivity index (χ0n) is 4.35. The lowest BCUT2D eigenvalue weighted by Crippen LogP contribution is -2.41. The van der Waals surface area contributed by atoms with E-state index >= 15 is 0 Å². The number of nitrogens with two attached hydrogens (primary N) is 1. The fraction of sp³-hybridized carbons (Fsp3) is 0.333. The molecule has 0 aromatic heterocycles. The van der Waals surface area contributed by atoms with Crippen LogP contribution < -0.4 is 5.73 Å². The predicted molar refractivity (Wildman–Crippen MR) is 31.9 cm³/mol. The first-order valence-corrected chi connectivity index (χ1v) is 1.76. The van der Waals surface area contributed by atoms with Crippen LogP contribution in [0.2, 0.25) is 0 Å². The van der Waals surface area contributed by atoms with E-state index in [1.807, 2.05) is 0 Å². The molecule has 0 heterocycles. The Kier molecular flexibility index (Phi) is 4.43. The van der Waals surface area contributed by atoms with Crippen molar-refractivity contribution in [2.45, 2.75) is 5.91 Å². The van der Waals surface area contributed by atoms with Crippen LogP contribution >= 0.6 is 12.4 Å². The Hall–Kier alpha value is -0.490. The highest BCUT2D eigenvalue weighted by atomic mass is 35.5. The zero-order chi connectivity index (χ0) is 6.78. The lowest BCUT2D eigenvalue weighted by Gasteiger charge is -2.11. The van der Waals surface area contributed by atoms with E-state index < -0.39 is 11.7 Å². The molecule has 0 aromatic carbocycles. The van der Waals surface area contributed by atoms with E-state index in [-0.39, 0.29) is 18.7 Å². The van der Waals surface area contributed by atoms with Crippen molar-refractivity contribution in [1.82, 2.24) is 0 Å². The summed E-state index contributed by atoms with van der Waals surface area (Å²) in [5, 5.41) is 32.3. The molecule has 6 N–H and O–H groups in total. The number of halogens is 1. The third kappa shape index (κ3) is 4.04. The Morgan fingerprint density at radius 1 is 1.44 bits per heavy atom. The van der Waals surface area contributed by atoms with Crippen LogP contribution in [-0.2, 0) is 0 Å². The third-order valence-corrected chi connectivity index (χ3v) is 0.499. The second-order valence-electron chi connectivity index (χ2n) is 1.24. The molecule has 0 saturated heterocycles. The van der Waals surface area contributed by atoms with Crippen molar-refractivity contribution in [3.63, 3.8) is 0 Å². The van der Waals surface area contributed by atoms with Crippen LogP contribution in [0.3, 0.4) is 0 Å². The smallest absolute Gasteiger partial charge is 0.284 e. The minimum absolute atomic E-state index is 0. The van der Waals surface area contributed by atoms with Gasteiger partial charge < -0.3 is 20.4 Å². The van der Waals surface area contributed by atoms with Gasteiger partial charge >= 0.3 is 0 Å². The Morgan fingerprint density at radius 3 is 1.78 bits per heavy atom. The van der Waals surface area contributed by atoms with Gasteiger partial charge in [0, 0.05) is 0 Å². The lowest BCUT2D eigenvalue weighted by atomic mass is 10.4. The Labute approximate surface area is 57.4 Å². The molecule has 0 saturated carbocycles. The van der Waals surface area contributed by atoms with E-state index in [0.717, 1.165) is 0 Å². The first kappa shape index (κ1) is 11.3. The molecule has 56 valence electrons. The quantitative estimate of drug-likeness (QED) is 0.247. The topological polar surface area (TPSA) is 107 Å². The molecule has 0 atom stereocenters. The molecule has 0 aromatic rings. The van der Waals surface area contributed by atoms with Gasteiger partial charge in [0.2, 0.25) is 5.76 Å². The van der Waals surface area contributed by atoms with Crippen molar-refractivity contribution in [3.8, 4) is 0 Å². The number of aliphatic hydroxyl groups is 4. The summed E-state index contributed by atoms with van der Waals surface area (Å²) in [4.78, 5) is 0. The largest absolute Gasteiger partial charge is 0.512 e. The van der Waals surface area contributed by atoms with Gasteiger partial charge in [-0.05, 0) is 0 Å². The normalized spacial score (nSPS) is 12.6. The van der Waals surface area contributed by atoms with Gasteiger partial charge in [-0.25, -0.2) is 0 Å². The Balaban J connectivity index is 0. The summed E-state index contributed by atoms with van der Waals surface area (Å²) in [5.41, 5.74) is 4.42. The van der Waals surface area contributed by atoms with Gasteiger partial charge in [-0.3, -0.25) is 5.73 Å². The number of hydrogen-bond donors (Lipinski definition) is 5. The molecule has 0 rings (SSSR count). The van der Waals surface area contributed by atoms with E-state index in [2.05, 4.69) is 5.73 Å². The fourth-order valence-electron chi connectivity index (χ4n) is 0.0950. The summed E-state index contributed by atoms with van der Waals surface area (Å²) in [6, 6.07) is 0. The SMILES string of the molecule is Cl.NC(O)(O)C(O)=CO. The second kappa shape index (κ2) is 3.52. The van der Waals surface area contributed by atoms with Crippen LogP contribution in [0, 0.1) is 0 Å². The number of rotatable bonds is 1. The van der Waals surface area contributed by atoms with Gasteiger partial charge in [0.05, 0.1) is 0 Å². The summed E-state index contributed by atoms with van der Waals surface area (Å²) in [5.74, 6) is -3.92. The van der Waals surface area contributed by atoms with Crippen LogP contribution in [0.1, 0.15) is 0 Å². The first-order chi connectivity index (χ1) is 3.48. The molecule has 0 aliphatic rings. The van der Waals surface area contributed by atoms with Gasteiger partial charge in [-0.15, -0.1) is 12.4 Å². The van der Waals surface area contributed by atoms with Gasteiger partial charge in [0.1, 0.15) is 6.26 Å². The highest BCUT2D eigenvalue weighted by Crippen LogP contribution is 1.99. The maximum Gasteiger partial charge on any atom is 0.284 e. The molecule has 0 spiro atoms. The van der Waals surface area contributed by atoms with Gasteiger partial charge in [-0.2, -0.15) is 0 Å². The zero-order valence-corrected chi connectivity index (χ0v) is 5.17. The molecule has 0 unspecified atom stereocenters. The van der Waals surface area contributed by atoms with Crippen molar-refractivity contribution in [2.24, 2.45) is 5.73 Å². The minimum atomic E-state index is -2.82. The molecule has 0 fully saturated rings. The fourth-order valence-corrected chi connectivity index (χ4v) is 0.0950. The second-order valence-corrected chi connectivity index (χ2v) is 1.24. The van der Waals surface area contributed by atoms with E-state index in [9.17, 15) is 0 Å². The molecular formula is C3H8ClNO4. The van der Waals surface area contributed by atoms with Crippen LogP contribution in [0.15, 0.2) is 12.0 Å². The highest BCUT2D eigenvalue weighted by Gasteiger charge is 2.21. The lowest BCUT2D eigenvalue weighted by molar-refractivity contribution is -0.148. The minimum Gasteiger partial charge on any atom is -0.512 e. The maximum absolute atomic E-state index is 8.18. The average Bonchev–Trinajstić information content (AvgIpc) is 1.62. The average molecular weight is 158 g/mol. The number of aliphatic hydroxyl groups excluding tert-OH is 2. The maximum atomic E-state index is 8.18. The molecule has 0 amide bonds. The van der Waals surface area contributed by atoms with Crippen molar-refractivity contribution < 1.29 is 20.4 Å². The first-order valence-electron chi connectivity index (χ1n) is 1.76. The van der Waals surface area contributed by atoms with Crippen LogP contribution in [0.4, 0.5) is 0 Å². The summed E-state index contributed by atoms with van der Waals surface area (Å²) in [6.07, 6.45) is 0.0972. The van der Waals surface area contributed by atoms with Gasteiger partial charge in [0.25, 0.3) is 5.91 Å². The van der Waals surface area contributed by atoms with Gasteiger partial charge in [0.15, 0.2) is 0 Å². The third-order valence-electron chi connectivity index (χ3n) is 0.499. The van der Waals surface area contributed by atoms with Crippen molar-refractivity contribution in [1.29, 1.82) is 0 Å². The van der Waals surface area contributed by atoms with E-state index in [4.69, 9.17) is 20.4 Å². The summed E-state index contributed by atoms with van der Waals surface area (Å²) in [6.45, 7) is 0. The Bertz CT molecular complexity index is 107. The molecule has 9 heavy (non-hydrogen) atoms. The van der Waals surface area contributed by atoms with E-state index in [0.29, 0.717) is 0 Å². The van der Waals surface area contributed by atoms with Gasteiger partial charge in [-0.1, -0.05) is 0 Å². The molecule has 6 heteroatoms. The van der Waals surface area contributed by atoms with Crippen LogP contribution in [0.25, 0.3) is 0 Å². The van der Waals surface area contributed by atoms with Crippen molar-refractivity contribution in [2.75, 3.05) is 0 Å². The molecule has 0 aliphatic carbocycles. The van der Waals surface area contributed by atoms with Crippen molar-refractivity contribution in [3.05, 3.63) is 12.0 Å². The van der Waals surface area contributed by atoms with E-state index in [1.165, 1.54) is 0 Å². The van der Waals surface area contributed by atoms with E-state index in [1.54, 1.807) is 0 Å². The summed E-state index contributed by atoms with van der Waals surface area (Å²) < 4.78 is 0. The number of hydrogen-bond acceptors (Lipinski definition) is 5. The molecule has 5 nitrogen and oxygen atoms in total. The van der Waals surface area contributed by atoms with Crippen LogP contribution in [-0.4, -0.2) is 26.3 Å². The summed E-state index contributed by atoms with van der Waals surface area (Å²) >= 11 is 0. The Morgan fingerprint density at radius 2 is 1.78 bits per heavy atom. The molecule has 0 aliphatic heterocycles. The van der Waals surface area contributed by atoms with Crippen molar-refractivity contribution >= 4 is 12.4 Å². The summed E-state index contributed by atoms with van der Waals surface area (Å²) in [7, 11) is 0. The predicted octanol–water partition coefficient (Wildman–Crippen LogP) is -1.04. The standard InChI is InChI=1S/C3H7NO4.ClH/c4-3(7,8)2(6)1-5;/h1,5-8H,4H2;1H.